The number of fused-ring (bicyclic) bond motifs is 10. The number of hydrogen-bond acceptors (Lipinski definition) is 4. The Morgan fingerprint density at radius 2 is 0.613 bits per heavy atom. The van der Waals surface area contributed by atoms with Gasteiger partial charge in [0.05, 0.1) is 5.41 Å². The van der Waals surface area contributed by atoms with Gasteiger partial charge in [0.15, 0.2) is 17.5 Å². The van der Waals surface area contributed by atoms with Crippen molar-refractivity contribution in [2.75, 3.05) is 0 Å². The molecule has 4 nitrogen and oxygen atoms in total. The fraction of sp³-hybridized carbons (Fsp3) is 0.0423. The van der Waals surface area contributed by atoms with Crippen molar-refractivity contribution in [3.05, 3.63) is 288 Å². The van der Waals surface area contributed by atoms with Crippen molar-refractivity contribution in [3.63, 3.8) is 0 Å². The lowest BCUT2D eigenvalue weighted by Gasteiger charge is -2.30. The molecule has 1 spiro atoms. The minimum Gasteiger partial charge on any atom is -0.258 e. The maximum Gasteiger partial charge on any atom is 0.164 e. The Morgan fingerprint density at radius 3 is 1.11 bits per heavy atom. The van der Waals surface area contributed by atoms with Crippen molar-refractivity contribution in [1.82, 2.24) is 19.9 Å². The third-order valence-electron chi connectivity index (χ3n) is 15.4. The second kappa shape index (κ2) is 17.8. The van der Waals surface area contributed by atoms with Gasteiger partial charge in [-0.3, -0.25) is 4.98 Å². The van der Waals surface area contributed by atoms with Crippen LogP contribution in [0.15, 0.2) is 255 Å². The number of aromatic nitrogens is 4. The summed E-state index contributed by atoms with van der Waals surface area (Å²) >= 11 is 0. The van der Waals surface area contributed by atoms with Crippen LogP contribution in [0.5, 0.6) is 0 Å². The third-order valence-corrected chi connectivity index (χ3v) is 15.4. The van der Waals surface area contributed by atoms with Crippen LogP contribution in [0.2, 0.25) is 0 Å². The van der Waals surface area contributed by atoms with Crippen LogP contribution in [0.1, 0.15) is 33.6 Å². The highest BCUT2D eigenvalue weighted by atomic mass is 15.0. The minimum absolute atomic E-state index is 0.501. The molecule has 0 atom stereocenters. The molecule has 352 valence electrons. The Kier molecular flexibility index (Phi) is 10.5. The summed E-state index contributed by atoms with van der Waals surface area (Å²) in [5.74, 6) is 1.82. The quantitative estimate of drug-likeness (QED) is 0.152. The summed E-state index contributed by atoms with van der Waals surface area (Å²) in [6, 6.07) is 92.0. The van der Waals surface area contributed by atoms with E-state index in [2.05, 4.69) is 262 Å². The summed E-state index contributed by atoms with van der Waals surface area (Å²) in [7, 11) is 0. The van der Waals surface area contributed by atoms with Crippen molar-refractivity contribution in [2.45, 2.75) is 19.3 Å². The van der Waals surface area contributed by atoms with Crippen LogP contribution in [0, 0.1) is 13.8 Å². The largest absolute Gasteiger partial charge is 0.258 e. The highest BCUT2D eigenvalue weighted by molar-refractivity contribution is 5.99. The van der Waals surface area contributed by atoms with E-state index in [4.69, 9.17) is 19.9 Å². The summed E-state index contributed by atoms with van der Waals surface area (Å²) < 4.78 is 0. The Labute approximate surface area is 437 Å². The fourth-order valence-corrected chi connectivity index (χ4v) is 12.0. The van der Waals surface area contributed by atoms with E-state index in [1.54, 1.807) is 0 Å². The normalized spacial score (nSPS) is 12.5. The van der Waals surface area contributed by atoms with E-state index in [1.807, 2.05) is 6.92 Å². The highest BCUT2D eigenvalue weighted by Crippen LogP contribution is 2.63. The first-order chi connectivity index (χ1) is 37.0. The average Bonchev–Trinajstić information content (AvgIpc) is 4.01. The molecule has 14 rings (SSSR count). The van der Waals surface area contributed by atoms with Gasteiger partial charge in [-0.1, -0.05) is 231 Å². The second-order valence-corrected chi connectivity index (χ2v) is 19.7. The van der Waals surface area contributed by atoms with Crippen LogP contribution in [-0.2, 0) is 5.41 Å². The molecule has 0 saturated heterocycles. The van der Waals surface area contributed by atoms with Gasteiger partial charge in [-0.05, 0) is 133 Å². The molecule has 2 heterocycles. The minimum atomic E-state index is -0.501. The van der Waals surface area contributed by atoms with Gasteiger partial charge >= 0.3 is 0 Å². The zero-order chi connectivity index (χ0) is 50.0. The van der Waals surface area contributed by atoms with E-state index in [0.717, 1.165) is 72.6 Å². The lowest BCUT2D eigenvalue weighted by molar-refractivity contribution is 0.794. The van der Waals surface area contributed by atoms with Crippen molar-refractivity contribution in [3.8, 4) is 112 Å². The number of pyridine rings is 1. The van der Waals surface area contributed by atoms with Gasteiger partial charge < -0.3 is 0 Å². The van der Waals surface area contributed by atoms with Gasteiger partial charge in [-0.25, -0.2) is 15.0 Å². The predicted octanol–water partition coefficient (Wildman–Crippen LogP) is 17.6. The molecular formula is C71H48N4. The van der Waals surface area contributed by atoms with Crippen molar-refractivity contribution in [2.24, 2.45) is 0 Å². The monoisotopic (exact) mass is 956 g/mol. The third kappa shape index (κ3) is 7.28. The SMILES string of the molecule is Cc1ccc(-c2ccc(-c3nc(-c4ccc(-c5c(-c6ccccc6)cc(-c6ccccc6)cc5-c5ccccc5)cc4)nc(-c4ccc5c(c4)C4(c6ccccc6-c6ccccc64)c4ccccc4-5)n3)cc2)c(C)n1. The summed E-state index contributed by atoms with van der Waals surface area (Å²) in [5, 5.41) is 0. The van der Waals surface area contributed by atoms with Gasteiger partial charge in [0.1, 0.15) is 0 Å². The first-order valence-corrected chi connectivity index (χ1v) is 25.7. The molecule has 2 aliphatic carbocycles. The zero-order valence-corrected chi connectivity index (χ0v) is 41.5. The smallest absolute Gasteiger partial charge is 0.164 e. The van der Waals surface area contributed by atoms with Crippen LogP contribution < -0.4 is 0 Å². The Hall–Kier alpha value is -9.64. The van der Waals surface area contributed by atoms with Gasteiger partial charge in [-0.2, -0.15) is 0 Å². The fourth-order valence-electron chi connectivity index (χ4n) is 12.0. The molecule has 0 aliphatic heterocycles. The number of nitrogens with zero attached hydrogens (tertiary/aromatic N) is 4. The number of benzene rings is 10. The van der Waals surface area contributed by atoms with E-state index in [9.17, 15) is 0 Å². The lowest BCUT2D eigenvalue weighted by Crippen LogP contribution is -2.25. The molecule has 0 unspecified atom stereocenters. The van der Waals surface area contributed by atoms with Crippen LogP contribution in [0.4, 0.5) is 0 Å². The standard InChI is InChI=1S/C71H48N4/c1-45-30-40-56(46(2)72-45)50-31-35-52(36-32-50)68-73-69(53-37-33-51(34-38-53)67-61(48-20-8-4-9-21-48)42-55(47-18-6-3-7-19-47)43-62(67)49-22-10-5-11-23-49)75-70(74-68)54-39-41-60-59-26-14-17-29-65(59)71(66(60)44-54)63-27-15-12-24-57(63)58-25-13-16-28-64(58)71/h3-44H,1-2H3. The topological polar surface area (TPSA) is 51.6 Å². The zero-order valence-electron chi connectivity index (χ0n) is 41.5. The van der Waals surface area contributed by atoms with E-state index < -0.39 is 5.41 Å². The number of aryl methyl sites for hydroxylation is 2. The predicted molar refractivity (Wildman–Crippen MR) is 307 cm³/mol. The first kappa shape index (κ1) is 44.1. The lowest BCUT2D eigenvalue weighted by atomic mass is 9.70. The Bertz CT molecular complexity index is 4040. The summed E-state index contributed by atoms with van der Waals surface area (Å²) in [6.45, 7) is 4.10. The maximum absolute atomic E-state index is 5.41. The molecule has 12 aromatic rings. The molecule has 0 amide bonds. The van der Waals surface area contributed by atoms with E-state index in [1.165, 1.54) is 55.6 Å². The Morgan fingerprint density at radius 1 is 0.240 bits per heavy atom. The molecule has 10 aromatic carbocycles. The molecule has 2 aliphatic rings. The summed E-state index contributed by atoms with van der Waals surface area (Å²) in [4.78, 5) is 20.8. The van der Waals surface area contributed by atoms with Gasteiger partial charge in [0, 0.05) is 33.6 Å². The molecule has 0 saturated carbocycles. The van der Waals surface area contributed by atoms with Crippen LogP contribution >= 0.6 is 0 Å². The van der Waals surface area contributed by atoms with Crippen LogP contribution in [-0.4, -0.2) is 19.9 Å². The molecule has 0 fully saturated rings. The van der Waals surface area contributed by atoms with E-state index >= 15 is 0 Å². The summed E-state index contributed by atoms with van der Waals surface area (Å²) in [5.41, 5.74) is 25.8. The molecular weight excluding hydrogens is 909 g/mol. The van der Waals surface area contributed by atoms with E-state index in [-0.39, 0.29) is 0 Å². The van der Waals surface area contributed by atoms with Gasteiger partial charge in [0.2, 0.25) is 0 Å². The van der Waals surface area contributed by atoms with Crippen molar-refractivity contribution >= 4 is 0 Å². The Balaban J connectivity index is 0.943. The van der Waals surface area contributed by atoms with Crippen molar-refractivity contribution < 1.29 is 0 Å². The van der Waals surface area contributed by atoms with Crippen LogP contribution in [0.25, 0.3) is 112 Å². The van der Waals surface area contributed by atoms with Gasteiger partial charge in [-0.15, -0.1) is 0 Å². The van der Waals surface area contributed by atoms with Gasteiger partial charge in [0.25, 0.3) is 0 Å². The van der Waals surface area contributed by atoms with Crippen molar-refractivity contribution in [1.29, 1.82) is 0 Å². The molecule has 2 aromatic heterocycles. The number of rotatable bonds is 8. The molecule has 4 heteroatoms. The average molecular weight is 957 g/mol. The van der Waals surface area contributed by atoms with E-state index in [0.29, 0.717) is 17.5 Å². The molecule has 0 N–H and O–H groups in total. The first-order valence-electron chi connectivity index (χ1n) is 25.7. The highest BCUT2D eigenvalue weighted by Gasteiger charge is 2.51. The summed E-state index contributed by atoms with van der Waals surface area (Å²) in [6.07, 6.45) is 0. The maximum atomic E-state index is 5.41. The van der Waals surface area contributed by atoms with Crippen LogP contribution in [0.3, 0.4) is 0 Å². The second-order valence-electron chi connectivity index (χ2n) is 19.7. The molecule has 0 radical (unpaired) electrons. The molecule has 75 heavy (non-hydrogen) atoms. The number of hydrogen-bond donors (Lipinski definition) is 0. The molecule has 0 bridgehead atoms.